The summed E-state index contributed by atoms with van der Waals surface area (Å²) in [5, 5.41) is 6.58. The van der Waals surface area contributed by atoms with Crippen LogP contribution in [-0.2, 0) is 0 Å². The van der Waals surface area contributed by atoms with E-state index in [0.29, 0.717) is 11.6 Å². The molecule has 11 heavy (non-hydrogen) atoms. The van der Waals surface area contributed by atoms with Gasteiger partial charge in [0.25, 0.3) is 0 Å². The molecule has 0 heterocycles. The third-order valence-corrected chi connectivity index (χ3v) is 1.15. The predicted octanol–water partition coefficient (Wildman–Crippen LogP) is 0.924. The van der Waals surface area contributed by atoms with E-state index in [0.717, 1.165) is 12.5 Å². The number of hydrogen-bond acceptors (Lipinski definition) is 1. The second-order valence-electron chi connectivity index (χ2n) is 1.97. The Labute approximate surface area is 72.5 Å². The quantitative estimate of drug-likeness (QED) is 0.495. The molecule has 0 spiro atoms. The topological polar surface area (TPSA) is 36.4 Å². The maximum atomic E-state index is 5.54. The molecule has 3 nitrogen and oxygen atoms in total. The van der Waals surface area contributed by atoms with Crippen LogP contribution in [0.5, 0.6) is 0 Å². The zero-order valence-corrected chi connectivity index (χ0v) is 7.70. The van der Waals surface area contributed by atoms with Crippen molar-refractivity contribution in [2.45, 2.75) is 6.92 Å². The summed E-state index contributed by atoms with van der Waals surface area (Å²) in [4.78, 5) is 3.94. The van der Waals surface area contributed by atoms with Crippen LogP contribution < -0.4 is 10.6 Å². The molecule has 0 amide bonds. The molecule has 0 aliphatic rings. The van der Waals surface area contributed by atoms with Crippen molar-refractivity contribution >= 4 is 17.6 Å². The monoisotopic (exact) mass is 175 g/mol. The van der Waals surface area contributed by atoms with Crippen LogP contribution in [0.15, 0.2) is 16.6 Å². The van der Waals surface area contributed by atoms with Gasteiger partial charge >= 0.3 is 0 Å². The van der Waals surface area contributed by atoms with Crippen molar-refractivity contribution in [2.24, 2.45) is 4.99 Å². The first kappa shape index (κ1) is 10.3. The minimum atomic E-state index is 0.543. The van der Waals surface area contributed by atoms with Crippen LogP contribution in [0.4, 0.5) is 0 Å². The summed E-state index contributed by atoms with van der Waals surface area (Å²) in [6, 6.07) is 0. The summed E-state index contributed by atoms with van der Waals surface area (Å²) in [6.07, 6.45) is 0. The van der Waals surface area contributed by atoms with Gasteiger partial charge in [-0.1, -0.05) is 18.2 Å². The van der Waals surface area contributed by atoms with Crippen LogP contribution in [-0.4, -0.2) is 26.1 Å². The summed E-state index contributed by atoms with van der Waals surface area (Å²) in [5.74, 6) is 0.745. The Morgan fingerprint density at radius 2 is 2.18 bits per heavy atom. The van der Waals surface area contributed by atoms with Gasteiger partial charge in [-0.3, -0.25) is 4.99 Å². The number of hydrogen-bond donors (Lipinski definition) is 2. The van der Waals surface area contributed by atoms with Gasteiger partial charge in [0.05, 0.1) is 6.54 Å². The molecule has 0 aliphatic carbocycles. The molecular weight excluding hydrogens is 162 g/mol. The minimum Gasteiger partial charge on any atom is -0.357 e. The van der Waals surface area contributed by atoms with Crippen molar-refractivity contribution in [1.82, 2.24) is 10.6 Å². The van der Waals surface area contributed by atoms with E-state index in [-0.39, 0.29) is 0 Å². The molecule has 0 saturated carbocycles. The van der Waals surface area contributed by atoms with E-state index in [1.165, 1.54) is 0 Å². The molecule has 0 aliphatic heterocycles. The highest BCUT2D eigenvalue weighted by Crippen LogP contribution is 1.91. The van der Waals surface area contributed by atoms with E-state index < -0.39 is 0 Å². The van der Waals surface area contributed by atoms with E-state index in [1.807, 2.05) is 6.92 Å². The highest BCUT2D eigenvalue weighted by Gasteiger charge is 1.93. The SMILES string of the molecule is C=C(Cl)CNC(=NC)NCC. The third kappa shape index (κ3) is 5.73. The number of guanidine groups is 1. The second-order valence-corrected chi connectivity index (χ2v) is 2.51. The summed E-state index contributed by atoms with van der Waals surface area (Å²) < 4.78 is 0. The van der Waals surface area contributed by atoms with Crippen molar-refractivity contribution in [3.05, 3.63) is 11.6 Å². The number of nitrogens with one attached hydrogen (secondary N) is 2. The second kappa shape index (κ2) is 6.04. The van der Waals surface area contributed by atoms with Gasteiger partial charge in [-0.25, -0.2) is 0 Å². The fourth-order valence-corrected chi connectivity index (χ4v) is 0.635. The molecule has 0 saturated heterocycles. The molecule has 0 atom stereocenters. The lowest BCUT2D eigenvalue weighted by atomic mass is 10.6. The number of rotatable bonds is 3. The average Bonchev–Trinajstić information content (AvgIpc) is 1.97. The molecule has 0 fully saturated rings. The van der Waals surface area contributed by atoms with Crippen molar-refractivity contribution in [3.8, 4) is 0 Å². The van der Waals surface area contributed by atoms with E-state index in [1.54, 1.807) is 7.05 Å². The van der Waals surface area contributed by atoms with E-state index in [4.69, 9.17) is 11.6 Å². The highest BCUT2D eigenvalue weighted by atomic mass is 35.5. The Hall–Kier alpha value is -0.700. The van der Waals surface area contributed by atoms with Gasteiger partial charge < -0.3 is 10.6 Å². The molecule has 0 aromatic heterocycles. The normalized spacial score (nSPS) is 11.0. The molecule has 0 unspecified atom stereocenters. The van der Waals surface area contributed by atoms with Crippen LogP contribution in [0, 0.1) is 0 Å². The van der Waals surface area contributed by atoms with E-state index in [2.05, 4.69) is 22.2 Å². The standard InChI is InChI=1S/C7H14ClN3/c1-4-10-7(9-3)11-5-6(2)8/h2,4-5H2,1,3H3,(H2,9,10,11). The smallest absolute Gasteiger partial charge is 0.191 e. The van der Waals surface area contributed by atoms with Crippen molar-refractivity contribution in [1.29, 1.82) is 0 Å². The molecule has 0 aromatic carbocycles. The highest BCUT2D eigenvalue weighted by molar-refractivity contribution is 6.29. The first-order valence-corrected chi connectivity index (χ1v) is 3.86. The van der Waals surface area contributed by atoms with Crippen molar-refractivity contribution in [2.75, 3.05) is 20.1 Å². The first-order chi connectivity index (χ1) is 5.20. The van der Waals surface area contributed by atoms with Crippen LogP contribution in [0.1, 0.15) is 6.92 Å². The molecule has 64 valence electrons. The van der Waals surface area contributed by atoms with Gasteiger partial charge in [-0.2, -0.15) is 0 Å². The fourth-order valence-electron chi connectivity index (χ4n) is 0.568. The zero-order valence-electron chi connectivity index (χ0n) is 6.95. The zero-order chi connectivity index (χ0) is 8.69. The Kier molecular flexibility index (Phi) is 5.65. The summed E-state index contributed by atoms with van der Waals surface area (Å²) in [6.45, 7) is 6.93. The van der Waals surface area contributed by atoms with Gasteiger partial charge in [0.15, 0.2) is 5.96 Å². The lowest BCUT2D eigenvalue weighted by Gasteiger charge is -2.08. The van der Waals surface area contributed by atoms with Crippen LogP contribution in [0.25, 0.3) is 0 Å². The number of nitrogens with zero attached hydrogens (tertiary/aromatic N) is 1. The van der Waals surface area contributed by atoms with Gasteiger partial charge in [0, 0.05) is 18.6 Å². The Balaban J connectivity index is 3.62. The van der Waals surface area contributed by atoms with Gasteiger partial charge in [0.2, 0.25) is 0 Å². The first-order valence-electron chi connectivity index (χ1n) is 3.48. The van der Waals surface area contributed by atoms with Crippen LogP contribution in [0.3, 0.4) is 0 Å². The predicted molar refractivity (Wildman–Crippen MR) is 50.0 cm³/mol. The fraction of sp³-hybridized carbons (Fsp3) is 0.571. The van der Waals surface area contributed by atoms with Crippen molar-refractivity contribution < 1.29 is 0 Å². The summed E-state index contributed by atoms with van der Waals surface area (Å²) in [5.41, 5.74) is 0. The maximum absolute atomic E-state index is 5.54. The Morgan fingerprint density at radius 3 is 2.55 bits per heavy atom. The van der Waals surface area contributed by atoms with Crippen LogP contribution in [0.2, 0.25) is 0 Å². The van der Waals surface area contributed by atoms with Crippen molar-refractivity contribution in [3.63, 3.8) is 0 Å². The molecule has 0 aromatic rings. The number of halogens is 1. The Morgan fingerprint density at radius 1 is 1.55 bits per heavy atom. The number of aliphatic imine (C=N–C) groups is 1. The lowest BCUT2D eigenvalue weighted by Crippen LogP contribution is -2.37. The molecule has 4 heteroatoms. The van der Waals surface area contributed by atoms with Crippen LogP contribution >= 0.6 is 11.6 Å². The van der Waals surface area contributed by atoms with Gasteiger partial charge in [-0.05, 0) is 6.92 Å². The van der Waals surface area contributed by atoms with E-state index in [9.17, 15) is 0 Å². The largest absolute Gasteiger partial charge is 0.357 e. The molecule has 0 rings (SSSR count). The summed E-state index contributed by atoms with van der Waals surface area (Å²) >= 11 is 5.54. The average molecular weight is 176 g/mol. The van der Waals surface area contributed by atoms with Gasteiger partial charge in [-0.15, -0.1) is 0 Å². The molecule has 0 bridgehead atoms. The Bertz CT molecular complexity index is 154. The minimum absolute atomic E-state index is 0.543. The molecule has 2 N–H and O–H groups in total. The molecule has 0 radical (unpaired) electrons. The lowest BCUT2D eigenvalue weighted by molar-refractivity contribution is 0.876. The summed E-state index contributed by atoms with van der Waals surface area (Å²) in [7, 11) is 1.71. The molecular formula is C7H14ClN3. The van der Waals surface area contributed by atoms with E-state index >= 15 is 0 Å². The maximum Gasteiger partial charge on any atom is 0.191 e. The van der Waals surface area contributed by atoms with Gasteiger partial charge in [0.1, 0.15) is 0 Å². The third-order valence-electron chi connectivity index (χ3n) is 1.02.